The number of amides is 1. The molecule has 4 heteroatoms. The molecule has 0 spiro atoms. The van der Waals surface area contributed by atoms with Crippen LogP contribution in [0.1, 0.15) is 46.5 Å². The van der Waals surface area contributed by atoms with Crippen molar-refractivity contribution in [2.45, 2.75) is 64.1 Å². The molecule has 1 aliphatic carbocycles. The molecule has 1 amide bonds. The number of ether oxygens (including phenoxy) is 1. The minimum Gasteiger partial charge on any atom is -0.444 e. The van der Waals surface area contributed by atoms with Crippen molar-refractivity contribution >= 4 is 6.09 Å². The fourth-order valence-electron chi connectivity index (χ4n) is 3.57. The third-order valence-corrected chi connectivity index (χ3v) is 4.55. The third-order valence-electron chi connectivity index (χ3n) is 4.55. The normalized spacial score (nSPS) is 32.3. The van der Waals surface area contributed by atoms with Crippen LogP contribution in [0.2, 0.25) is 0 Å². The molecule has 19 heavy (non-hydrogen) atoms. The van der Waals surface area contributed by atoms with Crippen molar-refractivity contribution in [3.05, 3.63) is 0 Å². The molecule has 0 aromatic rings. The predicted molar refractivity (Wildman–Crippen MR) is 74.0 cm³/mol. The highest BCUT2D eigenvalue weighted by Crippen LogP contribution is 2.39. The lowest BCUT2D eigenvalue weighted by Crippen LogP contribution is -2.49. The summed E-state index contributed by atoms with van der Waals surface area (Å²) >= 11 is 0. The van der Waals surface area contributed by atoms with Crippen LogP contribution in [0.15, 0.2) is 0 Å². The molecule has 2 saturated heterocycles. The Morgan fingerprint density at radius 3 is 2.47 bits per heavy atom. The first kappa shape index (κ1) is 13.2. The van der Waals surface area contributed by atoms with E-state index in [4.69, 9.17) is 4.74 Å². The number of nitrogens with zero attached hydrogens (tertiary/aromatic N) is 2. The van der Waals surface area contributed by atoms with Gasteiger partial charge in [0.05, 0.1) is 0 Å². The zero-order valence-corrected chi connectivity index (χ0v) is 12.4. The molecular weight excluding hydrogens is 240 g/mol. The average molecular weight is 266 g/mol. The van der Waals surface area contributed by atoms with Crippen molar-refractivity contribution in [2.75, 3.05) is 19.6 Å². The summed E-state index contributed by atoms with van der Waals surface area (Å²) in [5.41, 5.74) is -0.385. The molecule has 2 atom stereocenters. The van der Waals surface area contributed by atoms with Crippen molar-refractivity contribution in [3.63, 3.8) is 0 Å². The van der Waals surface area contributed by atoms with Crippen LogP contribution in [0, 0.1) is 5.92 Å². The zero-order valence-electron chi connectivity index (χ0n) is 12.4. The summed E-state index contributed by atoms with van der Waals surface area (Å²) < 4.78 is 5.49. The first-order valence-corrected chi connectivity index (χ1v) is 7.68. The second-order valence-electron chi connectivity index (χ2n) is 7.30. The van der Waals surface area contributed by atoms with Crippen molar-refractivity contribution in [3.8, 4) is 0 Å². The first-order valence-electron chi connectivity index (χ1n) is 7.68. The summed E-state index contributed by atoms with van der Waals surface area (Å²) in [5, 5.41) is 0. The minimum absolute atomic E-state index is 0.129. The second kappa shape index (κ2) is 4.65. The van der Waals surface area contributed by atoms with E-state index >= 15 is 0 Å². The monoisotopic (exact) mass is 266 g/mol. The summed E-state index contributed by atoms with van der Waals surface area (Å²) in [4.78, 5) is 16.7. The van der Waals surface area contributed by atoms with Crippen molar-refractivity contribution < 1.29 is 9.53 Å². The summed E-state index contributed by atoms with van der Waals surface area (Å²) in [6.45, 7) is 8.79. The van der Waals surface area contributed by atoms with Gasteiger partial charge in [0.1, 0.15) is 5.60 Å². The summed E-state index contributed by atoms with van der Waals surface area (Å²) in [6, 6.07) is 1.59. The Balaban J connectivity index is 1.57. The molecular formula is C15H26N2O2. The molecule has 3 rings (SSSR count). The van der Waals surface area contributed by atoms with E-state index in [9.17, 15) is 4.79 Å². The Hall–Kier alpha value is -0.770. The maximum Gasteiger partial charge on any atom is 0.410 e. The van der Waals surface area contributed by atoms with Gasteiger partial charge in [-0.15, -0.1) is 0 Å². The van der Waals surface area contributed by atoms with Gasteiger partial charge in [-0.05, 0) is 58.9 Å². The molecule has 108 valence electrons. The van der Waals surface area contributed by atoms with Crippen LogP contribution in [-0.2, 0) is 4.74 Å². The quantitative estimate of drug-likeness (QED) is 0.731. The lowest BCUT2D eigenvalue weighted by Gasteiger charge is -2.38. The highest BCUT2D eigenvalue weighted by Gasteiger charge is 2.45. The molecule has 2 aliphatic heterocycles. The minimum atomic E-state index is -0.385. The molecule has 0 aromatic carbocycles. The zero-order chi connectivity index (χ0) is 13.6. The van der Waals surface area contributed by atoms with Crippen LogP contribution in [0.4, 0.5) is 4.79 Å². The van der Waals surface area contributed by atoms with Crippen LogP contribution in [0.3, 0.4) is 0 Å². The maximum absolute atomic E-state index is 12.1. The van der Waals surface area contributed by atoms with E-state index in [1.54, 1.807) is 0 Å². The van der Waals surface area contributed by atoms with Gasteiger partial charge in [-0.3, -0.25) is 4.90 Å². The molecule has 2 heterocycles. The van der Waals surface area contributed by atoms with E-state index in [2.05, 4.69) is 4.90 Å². The molecule has 3 aliphatic rings. The maximum atomic E-state index is 12.1. The highest BCUT2D eigenvalue weighted by molar-refractivity contribution is 5.68. The van der Waals surface area contributed by atoms with Crippen molar-refractivity contribution in [1.29, 1.82) is 0 Å². The van der Waals surface area contributed by atoms with Gasteiger partial charge in [0.15, 0.2) is 0 Å². The van der Waals surface area contributed by atoms with Crippen molar-refractivity contribution in [2.24, 2.45) is 5.92 Å². The Bertz CT molecular complexity index is 360. The molecule has 0 N–H and O–H groups in total. The SMILES string of the molecule is CC(C)(C)OC(=O)N1CCC2C(CCN2C2CC2)C1. The number of likely N-dealkylation sites (tertiary alicyclic amines) is 2. The van der Waals surface area contributed by atoms with Crippen LogP contribution < -0.4 is 0 Å². The van der Waals surface area contributed by atoms with E-state index in [0.717, 1.165) is 31.6 Å². The lowest BCUT2D eigenvalue weighted by atomic mass is 9.93. The molecule has 1 saturated carbocycles. The average Bonchev–Trinajstić information content (AvgIpc) is 3.06. The Labute approximate surface area is 116 Å². The first-order chi connectivity index (χ1) is 8.94. The van der Waals surface area contributed by atoms with Gasteiger partial charge < -0.3 is 9.64 Å². The van der Waals surface area contributed by atoms with E-state index in [1.165, 1.54) is 25.8 Å². The Morgan fingerprint density at radius 1 is 1.11 bits per heavy atom. The number of carbonyl (C=O) groups excluding carboxylic acids is 1. The lowest BCUT2D eigenvalue weighted by molar-refractivity contribution is 0.0111. The van der Waals surface area contributed by atoms with Gasteiger partial charge in [0.2, 0.25) is 0 Å². The standard InChI is InChI=1S/C15H26N2O2/c1-15(2,3)19-14(18)16-8-7-13-11(10-16)6-9-17(13)12-4-5-12/h11-13H,4-10H2,1-3H3. The van der Waals surface area contributed by atoms with Gasteiger partial charge in [0.25, 0.3) is 0 Å². The number of carbonyl (C=O) groups is 1. The van der Waals surface area contributed by atoms with Gasteiger partial charge in [0, 0.05) is 25.2 Å². The summed E-state index contributed by atoms with van der Waals surface area (Å²) in [7, 11) is 0. The molecule has 0 bridgehead atoms. The van der Waals surface area contributed by atoms with Crippen molar-refractivity contribution in [1.82, 2.24) is 9.80 Å². The molecule has 0 radical (unpaired) electrons. The largest absolute Gasteiger partial charge is 0.444 e. The Kier molecular flexibility index (Phi) is 3.24. The van der Waals surface area contributed by atoms with Crippen LogP contribution in [0.25, 0.3) is 0 Å². The van der Waals surface area contributed by atoms with Crippen LogP contribution >= 0.6 is 0 Å². The summed E-state index contributed by atoms with van der Waals surface area (Å²) in [6.07, 6.45) is 5.02. The van der Waals surface area contributed by atoms with Gasteiger partial charge in [-0.25, -0.2) is 4.79 Å². The molecule has 2 unspecified atom stereocenters. The van der Waals surface area contributed by atoms with E-state index in [1.807, 2.05) is 25.7 Å². The molecule has 3 fully saturated rings. The number of hydrogen-bond acceptors (Lipinski definition) is 3. The highest BCUT2D eigenvalue weighted by atomic mass is 16.6. The number of hydrogen-bond donors (Lipinski definition) is 0. The number of piperidine rings is 1. The fraction of sp³-hybridized carbons (Fsp3) is 0.933. The van der Waals surface area contributed by atoms with E-state index < -0.39 is 0 Å². The van der Waals surface area contributed by atoms with E-state index in [0.29, 0.717) is 5.92 Å². The predicted octanol–water partition coefficient (Wildman–Crippen LogP) is 2.48. The third kappa shape index (κ3) is 2.88. The van der Waals surface area contributed by atoms with Crippen LogP contribution in [0.5, 0.6) is 0 Å². The Morgan fingerprint density at radius 2 is 1.84 bits per heavy atom. The molecule has 0 aromatic heterocycles. The van der Waals surface area contributed by atoms with E-state index in [-0.39, 0.29) is 11.7 Å². The fourth-order valence-corrected chi connectivity index (χ4v) is 3.57. The summed E-state index contributed by atoms with van der Waals surface area (Å²) in [5.74, 6) is 0.668. The molecule has 4 nitrogen and oxygen atoms in total. The topological polar surface area (TPSA) is 32.8 Å². The number of rotatable bonds is 1. The smallest absolute Gasteiger partial charge is 0.410 e. The number of fused-ring (bicyclic) bond motifs is 1. The van der Waals surface area contributed by atoms with Gasteiger partial charge in [-0.2, -0.15) is 0 Å². The van der Waals surface area contributed by atoms with Crippen LogP contribution in [-0.4, -0.2) is 53.2 Å². The second-order valence-corrected chi connectivity index (χ2v) is 7.30. The van der Waals surface area contributed by atoms with Gasteiger partial charge in [-0.1, -0.05) is 0 Å². The van der Waals surface area contributed by atoms with Gasteiger partial charge >= 0.3 is 6.09 Å².